The van der Waals surface area contributed by atoms with Gasteiger partial charge in [-0.15, -0.1) is 0 Å². The average molecular weight is 386 g/mol. The first-order valence-corrected chi connectivity index (χ1v) is 9.80. The summed E-state index contributed by atoms with van der Waals surface area (Å²) >= 11 is 0. The number of esters is 1. The van der Waals surface area contributed by atoms with Crippen molar-refractivity contribution in [3.63, 3.8) is 0 Å². The SMILES string of the molecule is C=CC(=O)Oc1ccc(N(c2ccccc2)c2ccc(N(CC)CC)cc2)cc1. The van der Waals surface area contributed by atoms with Gasteiger partial charge in [0.25, 0.3) is 0 Å². The Morgan fingerprint density at radius 3 is 1.79 bits per heavy atom. The Morgan fingerprint density at radius 1 is 0.793 bits per heavy atom. The second-order valence-corrected chi connectivity index (χ2v) is 6.48. The van der Waals surface area contributed by atoms with Crippen molar-refractivity contribution in [2.45, 2.75) is 13.8 Å². The number of carbonyl (C=O) groups is 1. The number of hydrogen-bond donors (Lipinski definition) is 0. The fourth-order valence-corrected chi connectivity index (χ4v) is 3.25. The summed E-state index contributed by atoms with van der Waals surface area (Å²) in [6, 6.07) is 26.2. The quantitative estimate of drug-likeness (QED) is 0.266. The molecule has 4 heteroatoms. The van der Waals surface area contributed by atoms with Crippen LogP contribution in [0.3, 0.4) is 0 Å². The number of benzene rings is 3. The maximum Gasteiger partial charge on any atom is 0.335 e. The van der Waals surface area contributed by atoms with Crippen molar-refractivity contribution in [2.24, 2.45) is 0 Å². The zero-order chi connectivity index (χ0) is 20.6. The minimum absolute atomic E-state index is 0.468. The summed E-state index contributed by atoms with van der Waals surface area (Å²) in [6.07, 6.45) is 1.15. The smallest absolute Gasteiger partial charge is 0.335 e. The monoisotopic (exact) mass is 386 g/mol. The number of anilines is 4. The van der Waals surface area contributed by atoms with E-state index >= 15 is 0 Å². The van der Waals surface area contributed by atoms with E-state index in [-0.39, 0.29) is 0 Å². The highest BCUT2D eigenvalue weighted by Gasteiger charge is 2.13. The number of nitrogens with zero attached hydrogens (tertiary/aromatic N) is 2. The number of carbonyl (C=O) groups excluding carboxylic acids is 1. The molecule has 0 radical (unpaired) electrons. The van der Waals surface area contributed by atoms with Crippen LogP contribution in [0.15, 0.2) is 91.5 Å². The zero-order valence-corrected chi connectivity index (χ0v) is 16.9. The second-order valence-electron chi connectivity index (χ2n) is 6.48. The van der Waals surface area contributed by atoms with Gasteiger partial charge in [-0.05, 0) is 74.5 Å². The van der Waals surface area contributed by atoms with Gasteiger partial charge in [0.15, 0.2) is 0 Å². The van der Waals surface area contributed by atoms with E-state index in [1.807, 2.05) is 30.3 Å². The van der Waals surface area contributed by atoms with E-state index in [0.717, 1.165) is 36.2 Å². The predicted molar refractivity (Wildman–Crippen MR) is 121 cm³/mol. The average Bonchev–Trinajstić information content (AvgIpc) is 2.77. The van der Waals surface area contributed by atoms with Gasteiger partial charge >= 0.3 is 5.97 Å². The molecule has 29 heavy (non-hydrogen) atoms. The lowest BCUT2D eigenvalue weighted by Gasteiger charge is -2.27. The fraction of sp³-hybridized carbons (Fsp3) is 0.160. The summed E-state index contributed by atoms with van der Waals surface area (Å²) in [5, 5.41) is 0. The molecule has 0 fully saturated rings. The summed E-state index contributed by atoms with van der Waals surface area (Å²) in [5.74, 6) is 0.0215. The van der Waals surface area contributed by atoms with Gasteiger partial charge in [-0.25, -0.2) is 4.79 Å². The molecule has 0 spiro atoms. The first-order chi connectivity index (χ1) is 14.2. The van der Waals surface area contributed by atoms with E-state index in [4.69, 9.17) is 4.74 Å². The minimum Gasteiger partial charge on any atom is -0.423 e. The lowest BCUT2D eigenvalue weighted by molar-refractivity contribution is -0.128. The molecule has 0 amide bonds. The van der Waals surface area contributed by atoms with Crippen molar-refractivity contribution in [3.05, 3.63) is 91.5 Å². The molecular formula is C25H26N2O2. The summed E-state index contributed by atoms with van der Waals surface area (Å²) < 4.78 is 5.20. The topological polar surface area (TPSA) is 32.8 Å². The normalized spacial score (nSPS) is 10.3. The lowest BCUT2D eigenvalue weighted by Crippen LogP contribution is -2.21. The summed E-state index contributed by atoms with van der Waals surface area (Å²) in [6.45, 7) is 9.70. The van der Waals surface area contributed by atoms with Crippen LogP contribution in [0.1, 0.15) is 13.8 Å². The highest BCUT2D eigenvalue weighted by molar-refractivity contribution is 5.83. The summed E-state index contributed by atoms with van der Waals surface area (Å²) in [7, 11) is 0. The van der Waals surface area contributed by atoms with Crippen molar-refractivity contribution in [1.82, 2.24) is 0 Å². The zero-order valence-electron chi connectivity index (χ0n) is 16.9. The Hall–Kier alpha value is -3.53. The van der Waals surface area contributed by atoms with Crippen LogP contribution in [-0.4, -0.2) is 19.1 Å². The van der Waals surface area contributed by atoms with Crippen molar-refractivity contribution >= 4 is 28.7 Å². The molecule has 0 aliphatic heterocycles. The maximum absolute atomic E-state index is 11.4. The van der Waals surface area contributed by atoms with E-state index in [9.17, 15) is 4.79 Å². The Balaban J connectivity index is 1.96. The summed E-state index contributed by atoms with van der Waals surface area (Å²) in [4.78, 5) is 15.9. The molecular weight excluding hydrogens is 360 g/mol. The molecule has 3 aromatic carbocycles. The van der Waals surface area contributed by atoms with Gasteiger partial charge in [0, 0.05) is 41.9 Å². The van der Waals surface area contributed by atoms with Crippen LogP contribution in [0.4, 0.5) is 22.7 Å². The van der Waals surface area contributed by atoms with Gasteiger partial charge in [-0.2, -0.15) is 0 Å². The number of rotatable bonds is 8. The Labute approximate surface area is 172 Å². The second kappa shape index (κ2) is 9.60. The summed E-state index contributed by atoms with van der Waals surface area (Å²) in [5.41, 5.74) is 4.30. The van der Waals surface area contributed by atoms with Gasteiger partial charge in [0.05, 0.1) is 0 Å². The van der Waals surface area contributed by atoms with Crippen LogP contribution >= 0.6 is 0 Å². The van der Waals surface area contributed by atoms with Crippen molar-refractivity contribution in [1.29, 1.82) is 0 Å². The Bertz CT molecular complexity index is 931. The molecule has 0 N–H and O–H groups in total. The third-order valence-corrected chi connectivity index (χ3v) is 4.73. The van der Waals surface area contributed by atoms with Gasteiger partial charge in [-0.1, -0.05) is 24.8 Å². The van der Waals surface area contributed by atoms with Crippen LogP contribution in [0, 0.1) is 0 Å². The molecule has 148 valence electrons. The molecule has 0 unspecified atom stereocenters. The van der Waals surface area contributed by atoms with Crippen LogP contribution < -0.4 is 14.5 Å². The van der Waals surface area contributed by atoms with Gasteiger partial charge < -0.3 is 14.5 Å². The van der Waals surface area contributed by atoms with Crippen LogP contribution in [0.25, 0.3) is 0 Å². The molecule has 0 aliphatic carbocycles. The molecule has 0 saturated heterocycles. The highest BCUT2D eigenvalue weighted by atomic mass is 16.5. The fourth-order valence-electron chi connectivity index (χ4n) is 3.25. The van der Waals surface area contributed by atoms with E-state index in [1.165, 1.54) is 5.69 Å². The molecule has 0 bridgehead atoms. The third kappa shape index (κ3) is 4.85. The van der Waals surface area contributed by atoms with Crippen LogP contribution in [0.2, 0.25) is 0 Å². The van der Waals surface area contributed by atoms with E-state index in [2.05, 4.69) is 66.6 Å². The Morgan fingerprint density at radius 2 is 1.28 bits per heavy atom. The highest BCUT2D eigenvalue weighted by Crippen LogP contribution is 2.35. The van der Waals surface area contributed by atoms with E-state index in [1.54, 1.807) is 12.1 Å². The molecule has 0 aliphatic rings. The van der Waals surface area contributed by atoms with Crippen LogP contribution in [-0.2, 0) is 4.79 Å². The molecule has 0 aromatic heterocycles. The largest absolute Gasteiger partial charge is 0.423 e. The minimum atomic E-state index is -0.468. The molecule has 3 aromatic rings. The van der Waals surface area contributed by atoms with Gasteiger partial charge in [0.1, 0.15) is 5.75 Å². The molecule has 4 nitrogen and oxygen atoms in total. The lowest BCUT2D eigenvalue weighted by atomic mass is 10.1. The number of ether oxygens (including phenoxy) is 1. The van der Waals surface area contributed by atoms with Gasteiger partial charge in [-0.3, -0.25) is 0 Å². The van der Waals surface area contributed by atoms with E-state index < -0.39 is 5.97 Å². The molecule has 3 rings (SSSR count). The first kappa shape index (κ1) is 20.2. The van der Waals surface area contributed by atoms with Crippen molar-refractivity contribution in [3.8, 4) is 5.75 Å². The molecule has 0 heterocycles. The molecule has 0 atom stereocenters. The maximum atomic E-state index is 11.4. The standard InChI is InChI=1S/C25H26N2O2/c1-4-25(28)29-24-18-16-23(17-19-24)27(21-10-8-7-9-11-21)22-14-12-20(13-15-22)26(5-2)6-3/h4,7-19H,1,5-6H2,2-3H3. The predicted octanol–water partition coefficient (Wildman–Crippen LogP) is 6.09. The van der Waals surface area contributed by atoms with Crippen molar-refractivity contribution in [2.75, 3.05) is 22.9 Å². The number of hydrogen-bond acceptors (Lipinski definition) is 4. The van der Waals surface area contributed by atoms with Crippen LogP contribution in [0.5, 0.6) is 5.75 Å². The third-order valence-electron chi connectivity index (χ3n) is 4.73. The van der Waals surface area contributed by atoms with Crippen molar-refractivity contribution < 1.29 is 9.53 Å². The number of para-hydroxylation sites is 1. The van der Waals surface area contributed by atoms with E-state index in [0.29, 0.717) is 5.75 Å². The molecule has 0 saturated carbocycles. The Kier molecular flexibility index (Phi) is 6.69. The first-order valence-electron chi connectivity index (χ1n) is 9.80. The van der Waals surface area contributed by atoms with Gasteiger partial charge in [0.2, 0.25) is 0 Å².